The standard InChI is InChI=1S/C5H9N3O/c1-6-3-2-5-7-4-8-9-5/h4,6H,2-3H2,1H3. The Bertz CT molecular complexity index is 149. The zero-order valence-electron chi connectivity index (χ0n) is 5.29. The van der Waals surface area contributed by atoms with Crippen molar-refractivity contribution in [2.24, 2.45) is 0 Å². The highest BCUT2D eigenvalue weighted by molar-refractivity contribution is 4.74. The van der Waals surface area contributed by atoms with E-state index in [1.54, 1.807) is 0 Å². The maximum atomic E-state index is 4.73. The summed E-state index contributed by atoms with van der Waals surface area (Å²) in [7, 11) is 1.89. The Morgan fingerprint density at radius 1 is 1.78 bits per heavy atom. The summed E-state index contributed by atoms with van der Waals surface area (Å²) in [6.45, 7) is 0.877. The quantitative estimate of drug-likeness (QED) is 0.612. The molecule has 1 N–H and O–H groups in total. The Kier molecular flexibility index (Phi) is 2.21. The molecule has 0 aromatic carbocycles. The largest absolute Gasteiger partial charge is 0.340 e. The second-order valence-corrected chi connectivity index (χ2v) is 1.69. The van der Waals surface area contributed by atoms with Crippen LogP contribution in [0.2, 0.25) is 0 Å². The van der Waals surface area contributed by atoms with Gasteiger partial charge in [0.05, 0.1) is 0 Å². The number of aromatic nitrogens is 2. The van der Waals surface area contributed by atoms with Crippen LogP contribution in [0.3, 0.4) is 0 Å². The Hall–Kier alpha value is -0.900. The lowest BCUT2D eigenvalue weighted by Crippen LogP contribution is -2.10. The Morgan fingerprint density at radius 2 is 2.67 bits per heavy atom. The third kappa shape index (κ3) is 1.81. The molecule has 1 aromatic heterocycles. The van der Waals surface area contributed by atoms with Crippen molar-refractivity contribution in [3.8, 4) is 0 Å². The van der Waals surface area contributed by atoms with E-state index < -0.39 is 0 Å². The van der Waals surface area contributed by atoms with Crippen molar-refractivity contribution in [3.63, 3.8) is 0 Å². The smallest absolute Gasteiger partial charge is 0.227 e. The molecule has 0 aliphatic heterocycles. The number of nitrogens with zero attached hydrogens (tertiary/aromatic N) is 2. The van der Waals surface area contributed by atoms with Crippen molar-refractivity contribution < 1.29 is 4.52 Å². The fourth-order valence-corrected chi connectivity index (χ4v) is 0.538. The van der Waals surface area contributed by atoms with Gasteiger partial charge in [0.25, 0.3) is 0 Å². The summed E-state index contributed by atoms with van der Waals surface area (Å²) in [6, 6.07) is 0. The summed E-state index contributed by atoms with van der Waals surface area (Å²) in [4.78, 5) is 3.84. The minimum absolute atomic E-state index is 0.685. The Morgan fingerprint density at radius 3 is 3.22 bits per heavy atom. The molecule has 1 aromatic rings. The molecule has 0 unspecified atom stereocenters. The van der Waals surface area contributed by atoms with Gasteiger partial charge in [-0.2, -0.15) is 4.98 Å². The lowest BCUT2D eigenvalue weighted by Gasteiger charge is -1.89. The first-order valence-corrected chi connectivity index (χ1v) is 2.83. The van der Waals surface area contributed by atoms with E-state index in [0.717, 1.165) is 13.0 Å². The predicted molar refractivity (Wildman–Crippen MR) is 31.9 cm³/mol. The first kappa shape index (κ1) is 6.22. The number of hydrogen-bond acceptors (Lipinski definition) is 4. The zero-order chi connectivity index (χ0) is 6.53. The molecule has 4 heteroatoms. The minimum atomic E-state index is 0.685. The van der Waals surface area contributed by atoms with Crippen LogP contribution in [0.5, 0.6) is 0 Å². The van der Waals surface area contributed by atoms with Crippen molar-refractivity contribution in [3.05, 3.63) is 12.2 Å². The lowest BCUT2D eigenvalue weighted by molar-refractivity contribution is 0.376. The molecular formula is C5H9N3O. The van der Waals surface area contributed by atoms with Crippen molar-refractivity contribution in [2.45, 2.75) is 6.42 Å². The van der Waals surface area contributed by atoms with Gasteiger partial charge in [0.1, 0.15) is 0 Å². The van der Waals surface area contributed by atoms with Gasteiger partial charge in [0.15, 0.2) is 6.33 Å². The van der Waals surface area contributed by atoms with Crippen LogP contribution in [0.4, 0.5) is 0 Å². The van der Waals surface area contributed by atoms with Gasteiger partial charge in [0, 0.05) is 13.0 Å². The lowest BCUT2D eigenvalue weighted by atomic mass is 10.4. The molecule has 0 radical (unpaired) electrons. The van der Waals surface area contributed by atoms with E-state index in [1.807, 2.05) is 7.05 Å². The average Bonchev–Trinajstić information content (AvgIpc) is 2.34. The normalized spacial score (nSPS) is 9.89. The SMILES string of the molecule is CNCCc1ncno1. The predicted octanol–water partition coefficient (Wildman–Crippen LogP) is -0.169. The van der Waals surface area contributed by atoms with Crippen LogP contribution >= 0.6 is 0 Å². The molecule has 1 heterocycles. The molecule has 50 valence electrons. The second-order valence-electron chi connectivity index (χ2n) is 1.69. The molecule has 0 aliphatic rings. The molecule has 0 aliphatic carbocycles. The summed E-state index contributed by atoms with van der Waals surface area (Å²) in [5.74, 6) is 0.685. The third-order valence-corrected chi connectivity index (χ3v) is 0.996. The van der Waals surface area contributed by atoms with Crippen molar-refractivity contribution in [1.29, 1.82) is 0 Å². The Labute approximate surface area is 53.3 Å². The molecule has 9 heavy (non-hydrogen) atoms. The minimum Gasteiger partial charge on any atom is -0.340 e. The highest BCUT2D eigenvalue weighted by atomic mass is 16.5. The van der Waals surface area contributed by atoms with Crippen LogP contribution in [0.15, 0.2) is 10.9 Å². The Balaban J connectivity index is 2.30. The second kappa shape index (κ2) is 3.19. The topological polar surface area (TPSA) is 51.0 Å². The average molecular weight is 127 g/mol. The molecule has 0 fully saturated rings. The van der Waals surface area contributed by atoms with Crippen molar-refractivity contribution in [1.82, 2.24) is 15.5 Å². The van der Waals surface area contributed by atoms with Crippen molar-refractivity contribution >= 4 is 0 Å². The van der Waals surface area contributed by atoms with Crippen LogP contribution in [0.1, 0.15) is 5.89 Å². The van der Waals surface area contributed by atoms with E-state index in [9.17, 15) is 0 Å². The number of rotatable bonds is 3. The van der Waals surface area contributed by atoms with Crippen molar-refractivity contribution in [2.75, 3.05) is 13.6 Å². The first-order chi connectivity index (χ1) is 4.43. The van der Waals surface area contributed by atoms with Crippen LogP contribution in [0, 0.1) is 0 Å². The van der Waals surface area contributed by atoms with Gasteiger partial charge in [0.2, 0.25) is 5.89 Å². The number of hydrogen-bond donors (Lipinski definition) is 1. The first-order valence-electron chi connectivity index (χ1n) is 2.83. The summed E-state index contributed by atoms with van der Waals surface area (Å²) in [6.07, 6.45) is 2.21. The van der Waals surface area contributed by atoms with Crippen LogP contribution in [-0.4, -0.2) is 23.7 Å². The molecule has 0 saturated heterocycles. The van der Waals surface area contributed by atoms with Gasteiger partial charge in [-0.3, -0.25) is 0 Å². The van der Waals surface area contributed by atoms with Gasteiger partial charge < -0.3 is 9.84 Å². The van der Waals surface area contributed by atoms with Gasteiger partial charge >= 0.3 is 0 Å². The van der Waals surface area contributed by atoms with Gasteiger partial charge in [-0.1, -0.05) is 5.16 Å². The monoisotopic (exact) mass is 127 g/mol. The molecule has 4 nitrogen and oxygen atoms in total. The molecular weight excluding hydrogens is 118 g/mol. The highest BCUT2D eigenvalue weighted by Crippen LogP contribution is 1.89. The van der Waals surface area contributed by atoms with Gasteiger partial charge in [-0.25, -0.2) is 0 Å². The molecule has 0 atom stereocenters. The van der Waals surface area contributed by atoms with Gasteiger partial charge in [-0.15, -0.1) is 0 Å². The molecule has 1 rings (SSSR count). The molecule has 0 saturated carbocycles. The van der Waals surface area contributed by atoms with E-state index in [4.69, 9.17) is 4.52 Å². The van der Waals surface area contributed by atoms with Crippen LogP contribution in [0.25, 0.3) is 0 Å². The molecule has 0 bridgehead atoms. The van der Waals surface area contributed by atoms with E-state index in [-0.39, 0.29) is 0 Å². The van der Waals surface area contributed by atoms with Crippen LogP contribution in [-0.2, 0) is 6.42 Å². The molecule has 0 spiro atoms. The van der Waals surface area contributed by atoms with E-state index in [2.05, 4.69) is 15.5 Å². The number of nitrogens with one attached hydrogen (secondary N) is 1. The van der Waals surface area contributed by atoms with E-state index >= 15 is 0 Å². The summed E-state index contributed by atoms with van der Waals surface area (Å²) < 4.78 is 4.73. The molecule has 0 amide bonds. The van der Waals surface area contributed by atoms with E-state index in [1.165, 1.54) is 6.33 Å². The summed E-state index contributed by atoms with van der Waals surface area (Å²) >= 11 is 0. The maximum absolute atomic E-state index is 4.73. The fraction of sp³-hybridized carbons (Fsp3) is 0.600. The third-order valence-electron chi connectivity index (χ3n) is 0.996. The summed E-state index contributed by atoms with van der Waals surface area (Å²) in [5.41, 5.74) is 0. The number of likely N-dealkylation sites (N-methyl/N-ethyl adjacent to an activating group) is 1. The van der Waals surface area contributed by atoms with E-state index in [0.29, 0.717) is 5.89 Å². The maximum Gasteiger partial charge on any atom is 0.227 e. The van der Waals surface area contributed by atoms with Crippen LogP contribution < -0.4 is 5.32 Å². The van der Waals surface area contributed by atoms with Gasteiger partial charge in [-0.05, 0) is 7.05 Å². The summed E-state index contributed by atoms with van der Waals surface area (Å²) in [5, 5.41) is 6.44. The highest BCUT2D eigenvalue weighted by Gasteiger charge is 1.94. The fourth-order valence-electron chi connectivity index (χ4n) is 0.538. The zero-order valence-corrected chi connectivity index (χ0v) is 5.29.